The summed E-state index contributed by atoms with van der Waals surface area (Å²) in [5.74, 6) is 0.618. The molecule has 1 atom stereocenters. The first-order valence-electron chi connectivity index (χ1n) is 7.92. The summed E-state index contributed by atoms with van der Waals surface area (Å²) in [5, 5.41) is 3.39. The summed E-state index contributed by atoms with van der Waals surface area (Å²) in [5.41, 5.74) is 0.933. The fraction of sp³-hybridized carbons (Fsp3) is 0.588. The number of nitrogens with one attached hydrogen (secondary N) is 1. The lowest BCUT2D eigenvalue weighted by atomic mass is 10.2. The van der Waals surface area contributed by atoms with Crippen LogP contribution in [0.15, 0.2) is 29.3 Å². The normalized spacial score (nSPS) is 13.3. The molecule has 0 amide bonds. The highest BCUT2D eigenvalue weighted by atomic mass is 19.1. The van der Waals surface area contributed by atoms with Gasteiger partial charge in [-0.25, -0.2) is 4.39 Å². The molecule has 124 valence electrons. The number of aliphatic imine (C=N–C) groups is 1. The topological polar surface area (TPSA) is 30.9 Å². The predicted molar refractivity (Wildman–Crippen MR) is 91.6 cm³/mol. The third-order valence-corrected chi connectivity index (χ3v) is 3.87. The smallest absolute Gasteiger partial charge is 0.193 e. The fourth-order valence-corrected chi connectivity index (χ4v) is 2.58. The second kappa shape index (κ2) is 9.41. The van der Waals surface area contributed by atoms with Gasteiger partial charge in [0, 0.05) is 33.2 Å². The lowest BCUT2D eigenvalue weighted by Gasteiger charge is -2.29. The Hall–Kier alpha value is -1.62. The van der Waals surface area contributed by atoms with Crippen molar-refractivity contribution < 1.29 is 4.39 Å². The average Bonchev–Trinajstić information content (AvgIpc) is 2.49. The Morgan fingerprint density at radius 1 is 1.32 bits per heavy atom. The van der Waals surface area contributed by atoms with E-state index >= 15 is 0 Å². The summed E-state index contributed by atoms with van der Waals surface area (Å²) in [6.45, 7) is 10.1. The van der Waals surface area contributed by atoms with Gasteiger partial charge in [0.15, 0.2) is 5.96 Å². The molecule has 0 bridgehead atoms. The van der Waals surface area contributed by atoms with E-state index in [-0.39, 0.29) is 5.82 Å². The number of rotatable bonds is 7. The Labute approximate surface area is 134 Å². The van der Waals surface area contributed by atoms with Crippen molar-refractivity contribution in [2.75, 3.05) is 33.7 Å². The minimum atomic E-state index is -0.205. The van der Waals surface area contributed by atoms with Gasteiger partial charge in [-0.05, 0) is 37.7 Å². The molecule has 0 aliphatic carbocycles. The SMILES string of the molecule is CCN(CC)C(C)CNC(=NC)N(C)Cc1cccc(F)c1. The number of halogens is 1. The van der Waals surface area contributed by atoms with E-state index in [0.29, 0.717) is 12.6 Å². The van der Waals surface area contributed by atoms with Gasteiger partial charge in [-0.2, -0.15) is 0 Å². The lowest BCUT2D eigenvalue weighted by Crippen LogP contribution is -2.46. The first kappa shape index (κ1) is 18.4. The van der Waals surface area contributed by atoms with Gasteiger partial charge < -0.3 is 10.2 Å². The van der Waals surface area contributed by atoms with Crippen LogP contribution >= 0.6 is 0 Å². The lowest BCUT2D eigenvalue weighted by molar-refractivity contribution is 0.230. The van der Waals surface area contributed by atoms with Gasteiger partial charge in [-0.3, -0.25) is 9.89 Å². The van der Waals surface area contributed by atoms with Crippen LogP contribution in [0.25, 0.3) is 0 Å². The zero-order valence-electron chi connectivity index (χ0n) is 14.4. The molecule has 1 aromatic rings. The highest BCUT2D eigenvalue weighted by molar-refractivity contribution is 5.79. The van der Waals surface area contributed by atoms with Gasteiger partial charge in [0.2, 0.25) is 0 Å². The minimum absolute atomic E-state index is 0.205. The van der Waals surface area contributed by atoms with Crippen molar-refractivity contribution in [2.45, 2.75) is 33.4 Å². The van der Waals surface area contributed by atoms with E-state index < -0.39 is 0 Å². The van der Waals surface area contributed by atoms with E-state index in [2.05, 4.69) is 36.0 Å². The van der Waals surface area contributed by atoms with E-state index in [1.807, 2.05) is 18.0 Å². The molecule has 4 nitrogen and oxygen atoms in total. The average molecular weight is 308 g/mol. The van der Waals surface area contributed by atoms with Crippen molar-refractivity contribution in [3.8, 4) is 0 Å². The molecule has 1 rings (SSSR count). The molecule has 5 heteroatoms. The van der Waals surface area contributed by atoms with Crippen molar-refractivity contribution in [3.05, 3.63) is 35.6 Å². The van der Waals surface area contributed by atoms with Crippen molar-refractivity contribution in [3.63, 3.8) is 0 Å². The molecule has 1 unspecified atom stereocenters. The van der Waals surface area contributed by atoms with Crippen LogP contribution in [0, 0.1) is 5.82 Å². The van der Waals surface area contributed by atoms with E-state index in [1.165, 1.54) is 6.07 Å². The summed E-state index contributed by atoms with van der Waals surface area (Å²) < 4.78 is 13.3. The number of nitrogens with zero attached hydrogens (tertiary/aromatic N) is 3. The summed E-state index contributed by atoms with van der Waals surface area (Å²) >= 11 is 0. The minimum Gasteiger partial charge on any atom is -0.355 e. The Balaban J connectivity index is 2.57. The maximum Gasteiger partial charge on any atom is 0.193 e. The zero-order chi connectivity index (χ0) is 16.5. The maximum atomic E-state index is 13.3. The largest absolute Gasteiger partial charge is 0.355 e. The third-order valence-electron chi connectivity index (χ3n) is 3.87. The number of guanidine groups is 1. The number of hydrogen-bond donors (Lipinski definition) is 1. The fourth-order valence-electron chi connectivity index (χ4n) is 2.58. The van der Waals surface area contributed by atoms with Crippen LogP contribution in [0.4, 0.5) is 4.39 Å². The van der Waals surface area contributed by atoms with E-state index in [9.17, 15) is 4.39 Å². The Morgan fingerprint density at radius 2 is 2.00 bits per heavy atom. The van der Waals surface area contributed by atoms with Crippen molar-refractivity contribution in [2.24, 2.45) is 4.99 Å². The maximum absolute atomic E-state index is 13.3. The van der Waals surface area contributed by atoms with Crippen molar-refractivity contribution in [1.82, 2.24) is 15.1 Å². The summed E-state index contributed by atoms with van der Waals surface area (Å²) in [6, 6.07) is 7.11. The first-order valence-corrected chi connectivity index (χ1v) is 7.92. The molecule has 0 heterocycles. The molecule has 0 radical (unpaired) electrons. The molecular formula is C17H29FN4. The van der Waals surface area contributed by atoms with E-state index in [0.717, 1.165) is 31.2 Å². The number of hydrogen-bond acceptors (Lipinski definition) is 2. The quantitative estimate of drug-likeness (QED) is 0.620. The van der Waals surface area contributed by atoms with Gasteiger partial charge in [-0.1, -0.05) is 26.0 Å². The standard InChI is InChI=1S/C17H29FN4/c1-6-22(7-2)14(3)12-20-17(19-4)21(5)13-15-9-8-10-16(18)11-15/h8-11,14H,6-7,12-13H2,1-5H3,(H,19,20). The monoisotopic (exact) mass is 308 g/mol. The van der Waals surface area contributed by atoms with Crippen LogP contribution in [0.5, 0.6) is 0 Å². The highest BCUT2D eigenvalue weighted by Gasteiger charge is 2.12. The molecule has 0 saturated heterocycles. The van der Waals surface area contributed by atoms with E-state index in [4.69, 9.17) is 0 Å². The van der Waals surface area contributed by atoms with Crippen LogP contribution in [-0.2, 0) is 6.54 Å². The molecule has 22 heavy (non-hydrogen) atoms. The predicted octanol–water partition coefficient (Wildman–Crippen LogP) is 2.56. The summed E-state index contributed by atoms with van der Waals surface area (Å²) in [7, 11) is 3.73. The first-order chi connectivity index (χ1) is 10.5. The molecule has 0 aliphatic rings. The van der Waals surface area contributed by atoms with Crippen LogP contribution in [0.1, 0.15) is 26.3 Å². The molecule has 0 saturated carbocycles. The van der Waals surface area contributed by atoms with Crippen molar-refractivity contribution in [1.29, 1.82) is 0 Å². The second-order valence-corrected chi connectivity index (χ2v) is 5.48. The van der Waals surface area contributed by atoms with Crippen molar-refractivity contribution >= 4 is 5.96 Å². The molecular weight excluding hydrogens is 279 g/mol. The zero-order valence-corrected chi connectivity index (χ0v) is 14.4. The molecule has 1 N–H and O–H groups in total. The van der Waals surface area contributed by atoms with Gasteiger partial charge >= 0.3 is 0 Å². The summed E-state index contributed by atoms with van der Waals surface area (Å²) in [4.78, 5) is 8.71. The van der Waals surface area contributed by atoms with Gasteiger partial charge in [0.1, 0.15) is 5.82 Å². The van der Waals surface area contributed by atoms with Crippen LogP contribution in [0.2, 0.25) is 0 Å². The number of benzene rings is 1. The molecule has 0 aromatic heterocycles. The number of likely N-dealkylation sites (N-methyl/N-ethyl adjacent to an activating group) is 1. The second-order valence-electron chi connectivity index (χ2n) is 5.48. The molecule has 0 spiro atoms. The third kappa shape index (κ3) is 5.64. The van der Waals surface area contributed by atoms with Gasteiger partial charge in [-0.15, -0.1) is 0 Å². The molecule has 0 fully saturated rings. The molecule has 0 aliphatic heterocycles. The van der Waals surface area contributed by atoms with Crippen LogP contribution in [-0.4, -0.2) is 55.5 Å². The summed E-state index contributed by atoms with van der Waals surface area (Å²) in [6.07, 6.45) is 0. The van der Waals surface area contributed by atoms with Gasteiger partial charge in [0.25, 0.3) is 0 Å². The molecule has 1 aromatic carbocycles. The Morgan fingerprint density at radius 3 is 2.55 bits per heavy atom. The highest BCUT2D eigenvalue weighted by Crippen LogP contribution is 2.06. The van der Waals surface area contributed by atoms with Crippen LogP contribution in [0.3, 0.4) is 0 Å². The van der Waals surface area contributed by atoms with Crippen LogP contribution < -0.4 is 5.32 Å². The Kier molecular flexibility index (Phi) is 7.88. The van der Waals surface area contributed by atoms with Gasteiger partial charge in [0.05, 0.1) is 0 Å². The Bertz CT molecular complexity index is 471. The van der Waals surface area contributed by atoms with E-state index in [1.54, 1.807) is 19.2 Å².